The number of unbranched alkanes of at least 4 members (excludes halogenated alkanes) is 3. The lowest BCUT2D eigenvalue weighted by Gasteiger charge is -2.30. The number of hydrogen-bond acceptors (Lipinski definition) is 4. The van der Waals surface area contributed by atoms with Crippen LogP contribution in [-0.2, 0) is 10.2 Å². The fourth-order valence-corrected chi connectivity index (χ4v) is 5.59. The SMILES string of the molecule is CCCCCCC(=O)C(c1cccc(NC(=O)Nc2cc(C(C)(C)C)nn2-c2ccc(C)cc2)c1)C1CCNCC1. The number of hydrogen-bond donors (Lipinski definition) is 3. The molecule has 1 aliphatic rings. The molecule has 3 aromatic rings. The van der Waals surface area contributed by atoms with Gasteiger partial charge in [0.15, 0.2) is 0 Å². The first-order chi connectivity index (χ1) is 19.7. The van der Waals surface area contributed by atoms with Crippen LogP contribution in [0.4, 0.5) is 16.3 Å². The molecule has 2 aromatic carbocycles. The van der Waals surface area contributed by atoms with Gasteiger partial charge in [-0.05, 0) is 75.0 Å². The molecule has 1 unspecified atom stereocenters. The second kappa shape index (κ2) is 13.9. The first kappa shape index (κ1) is 30.5. The highest BCUT2D eigenvalue weighted by Gasteiger charge is 2.30. The molecule has 4 rings (SSSR count). The number of ketones is 1. The van der Waals surface area contributed by atoms with Crippen LogP contribution in [0, 0.1) is 12.8 Å². The van der Waals surface area contributed by atoms with E-state index < -0.39 is 0 Å². The molecule has 1 fully saturated rings. The highest BCUT2D eigenvalue weighted by Crippen LogP contribution is 2.35. The minimum atomic E-state index is -0.347. The van der Waals surface area contributed by atoms with Crippen LogP contribution in [0.3, 0.4) is 0 Å². The average molecular weight is 558 g/mol. The van der Waals surface area contributed by atoms with E-state index in [4.69, 9.17) is 5.10 Å². The van der Waals surface area contributed by atoms with Crippen LogP contribution in [0.15, 0.2) is 54.6 Å². The number of carbonyl (C=O) groups is 2. The fourth-order valence-electron chi connectivity index (χ4n) is 5.59. The maximum absolute atomic E-state index is 13.5. The van der Waals surface area contributed by atoms with E-state index in [1.165, 1.54) is 6.42 Å². The van der Waals surface area contributed by atoms with Gasteiger partial charge in [0.05, 0.1) is 11.4 Å². The molecular formula is C34H47N5O2. The molecule has 1 atom stereocenters. The van der Waals surface area contributed by atoms with Crippen molar-refractivity contribution < 1.29 is 9.59 Å². The second-order valence-corrected chi connectivity index (χ2v) is 12.5. The van der Waals surface area contributed by atoms with Gasteiger partial charge in [0.2, 0.25) is 0 Å². The maximum atomic E-state index is 13.5. The number of urea groups is 1. The van der Waals surface area contributed by atoms with Gasteiger partial charge in [0.25, 0.3) is 0 Å². The topological polar surface area (TPSA) is 88.1 Å². The zero-order valence-corrected chi connectivity index (χ0v) is 25.4. The Labute approximate surface area is 245 Å². The lowest BCUT2D eigenvalue weighted by atomic mass is 9.76. The van der Waals surface area contributed by atoms with Crippen molar-refractivity contribution in [2.75, 3.05) is 23.7 Å². The quantitative estimate of drug-likeness (QED) is 0.210. The lowest BCUT2D eigenvalue weighted by Crippen LogP contribution is -2.33. The summed E-state index contributed by atoms with van der Waals surface area (Å²) < 4.78 is 1.78. The predicted octanol–water partition coefficient (Wildman–Crippen LogP) is 7.74. The summed E-state index contributed by atoms with van der Waals surface area (Å²) in [6, 6.07) is 17.5. The molecule has 0 radical (unpaired) electrons. The third-order valence-corrected chi connectivity index (χ3v) is 7.98. The van der Waals surface area contributed by atoms with E-state index in [9.17, 15) is 9.59 Å². The number of amides is 2. The summed E-state index contributed by atoms with van der Waals surface area (Å²) in [5.74, 6) is 1.10. The van der Waals surface area contributed by atoms with Gasteiger partial charge in [-0.2, -0.15) is 5.10 Å². The van der Waals surface area contributed by atoms with E-state index in [0.717, 1.165) is 67.7 Å². The number of benzene rings is 2. The van der Waals surface area contributed by atoms with Crippen LogP contribution in [0.2, 0.25) is 0 Å². The highest BCUT2D eigenvalue weighted by atomic mass is 16.2. The first-order valence-electron chi connectivity index (χ1n) is 15.2. The van der Waals surface area contributed by atoms with E-state index in [2.05, 4.69) is 43.6 Å². The van der Waals surface area contributed by atoms with Crippen molar-refractivity contribution in [2.24, 2.45) is 5.92 Å². The Morgan fingerprint density at radius 3 is 2.41 bits per heavy atom. The van der Waals surface area contributed by atoms with Gasteiger partial charge in [0, 0.05) is 29.5 Å². The van der Waals surface area contributed by atoms with E-state index in [0.29, 0.717) is 29.6 Å². The Morgan fingerprint density at radius 1 is 1.00 bits per heavy atom. The van der Waals surface area contributed by atoms with Crippen LogP contribution in [0.1, 0.15) is 95.4 Å². The molecule has 0 saturated carbocycles. The van der Waals surface area contributed by atoms with Crippen LogP contribution < -0.4 is 16.0 Å². The van der Waals surface area contributed by atoms with Crippen LogP contribution in [0.25, 0.3) is 5.69 Å². The number of nitrogens with zero attached hydrogens (tertiary/aromatic N) is 2. The highest BCUT2D eigenvalue weighted by molar-refractivity contribution is 5.99. The Morgan fingerprint density at radius 2 is 1.73 bits per heavy atom. The van der Waals surface area contributed by atoms with Crippen molar-refractivity contribution in [1.82, 2.24) is 15.1 Å². The number of piperidine rings is 1. The van der Waals surface area contributed by atoms with Gasteiger partial charge in [-0.3, -0.25) is 10.1 Å². The summed E-state index contributed by atoms with van der Waals surface area (Å²) in [4.78, 5) is 26.8. The van der Waals surface area contributed by atoms with Crippen molar-refractivity contribution in [2.45, 2.75) is 90.9 Å². The number of Topliss-reactive ketones (excluding diaryl/α,β-unsaturated/α-hetero) is 1. The minimum absolute atomic E-state index is 0.138. The summed E-state index contributed by atoms with van der Waals surface area (Å²) in [6.45, 7) is 12.4. The molecule has 3 N–H and O–H groups in total. The molecular weight excluding hydrogens is 510 g/mol. The molecule has 0 aliphatic carbocycles. The summed E-state index contributed by atoms with van der Waals surface area (Å²) >= 11 is 0. The van der Waals surface area contributed by atoms with E-state index in [1.807, 2.05) is 61.5 Å². The summed E-state index contributed by atoms with van der Waals surface area (Å²) in [5.41, 5.74) is 4.42. The first-order valence-corrected chi connectivity index (χ1v) is 15.2. The molecule has 1 aromatic heterocycles. The van der Waals surface area contributed by atoms with Crippen LogP contribution >= 0.6 is 0 Å². The molecule has 1 aliphatic heterocycles. The Bertz CT molecular complexity index is 1300. The van der Waals surface area contributed by atoms with Crippen molar-refractivity contribution in [3.63, 3.8) is 0 Å². The molecule has 1 saturated heterocycles. The van der Waals surface area contributed by atoms with Crippen molar-refractivity contribution >= 4 is 23.3 Å². The Hall–Kier alpha value is -3.45. The van der Waals surface area contributed by atoms with Gasteiger partial charge in [-0.1, -0.05) is 76.8 Å². The molecule has 0 bridgehead atoms. The van der Waals surface area contributed by atoms with Crippen LogP contribution in [0.5, 0.6) is 0 Å². The van der Waals surface area contributed by atoms with E-state index in [1.54, 1.807) is 4.68 Å². The molecule has 2 amide bonds. The van der Waals surface area contributed by atoms with Gasteiger partial charge >= 0.3 is 6.03 Å². The van der Waals surface area contributed by atoms with Crippen molar-refractivity contribution in [3.05, 3.63) is 71.4 Å². The Kier molecular flexibility index (Phi) is 10.4. The number of nitrogens with one attached hydrogen (secondary N) is 3. The van der Waals surface area contributed by atoms with Gasteiger partial charge < -0.3 is 10.6 Å². The third kappa shape index (κ3) is 8.29. The van der Waals surface area contributed by atoms with Gasteiger partial charge in [-0.25, -0.2) is 9.48 Å². The second-order valence-electron chi connectivity index (χ2n) is 12.5. The minimum Gasteiger partial charge on any atom is -0.317 e. The molecule has 41 heavy (non-hydrogen) atoms. The maximum Gasteiger partial charge on any atom is 0.324 e. The summed E-state index contributed by atoms with van der Waals surface area (Å²) in [6.07, 6.45) is 6.96. The van der Waals surface area contributed by atoms with Crippen LogP contribution in [-0.4, -0.2) is 34.7 Å². The number of aryl methyl sites for hydroxylation is 1. The zero-order valence-electron chi connectivity index (χ0n) is 25.4. The predicted molar refractivity (Wildman–Crippen MR) is 168 cm³/mol. The Balaban J connectivity index is 1.53. The molecule has 0 spiro atoms. The third-order valence-electron chi connectivity index (χ3n) is 7.98. The monoisotopic (exact) mass is 557 g/mol. The number of rotatable bonds is 11. The smallest absolute Gasteiger partial charge is 0.317 e. The number of aromatic nitrogens is 2. The molecule has 2 heterocycles. The fraction of sp³-hybridized carbons (Fsp3) is 0.500. The number of anilines is 2. The number of carbonyl (C=O) groups excluding carboxylic acids is 2. The van der Waals surface area contributed by atoms with Gasteiger partial charge in [0.1, 0.15) is 11.6 Å². The zero-order chi connectivity index (χ0) is 29.4. The van der Waals surface area contributed by atoms with E-state index in [-0.39, 0.29) is 17.4 Å². The van der Waals surface area contributed by atoms with Crippen molar-refractivity contribution in [3.8, 4) is 5.69 Å². The lowest BCUT2D eigenvalue weighted by molar-refractivity contribution is -0.122. The summed E-state index contributed by atoms with van der Waals surface area (Å²) in [7, 11) is 0. The van der Waals surface area contributed by atoms with Gasteiger partial charge in [-0.15, -0.1) is 0 Å². The van der Waals surface area contributed by atoms with Crippen molar-refractivity contribution in [1.29, 1.82) is 0 Å². The standard InChI is InChI=1S/C34H47N5O2/c1-6-7-8-9-13-29(40)32(25-18-20-35-21-19-25)26-11-10-12-27(22-26)36-33(41)37-31-23-30(34(3,4)5)38-39(31)28-16-14-24(2)15-17-28/h10-12,14-17,22-23,25,32,35H,6-9,13,18-21H2,1-5H3,(H2,36,37,41). The van der Waals surface area contributed by atoms with E-state index >= 15 is 0 Å². The molecule has 7 nitrogen and oxygen atoms in total. The summed E-state index contributed by atoms with van der Waals surface area (Å²) in [5, 5.41) is 14.3. The molecule has 7 heteroatoms. The molecule has 220 valence electrons. The average Bonchev–Trinajstić information content (AvgIpc) is 3.37. The largest absolute Gasteiger partial charge is 0.324 e. The normalized spacial score (nSPS) is 15.0.